The molecule has 0 aliphatic heterocycles. The lowest BCUT2D eigenvalue weighted by molar-refractivity contribution is -0.384. The van der Waals surface area contributed by atoms with E-state index in [1.807, 2.05) is 38.1 Å². The van der Waals surface area contributed by atoms with Crippen molar-refractivity contribution in [2.45, 2.75) is 27.3 Å². The zero-order chi connectivity index (χ0) is 19.6. The summed E-state index contributed by atoms with van der Waals surface area (Å²) in [7, 11) is 0. The lowest BCUT2D eigenvalue weighted by atomic mass is 10.1. The standard InChI is InChI=1S/C20H20N4O3/c1-13-7-9-16(10-8-13)12-23-15(3)19(14(2)22-23)20(25)21-17-5-4-6-18(11-17)24(26)27/h4-11H,12H2,1-3H3,(H,21,25). The summed E-state index contributed by atoms with van der Waals surface area (Å²) >= 11 is 0. The summed E-state index contributed by atoms with van der Waals surface area (Å²) in [6.07, 6.45) is 0. The van der Waals surface area contributed by atoms with Crippen molar-refractivity contribution < 1.29 is 9.72 Å². The maximum atomic E-state index is 12.7. The van der Waals surface area contributed by atoms with E-state index in [0.717, 1.165) is 11.3 Å². The first kappa shape index (κ1) is 18.3. The van der Waals surface area contributed by atoms with E-state index in [2.05, 4.69) is 10.4 Å². The van der Waals surface area contributed by atoms with Crippen LogP contribution >= 0.6 is 0 Å². The molecule has 0 radical (unpaired) electrons. The molecular formula is C20H20N4O3. The number of nitrogens with zero attached hydrogens (tertiary/aromatic N) is 3. The summed E-state index contributed by atoms with van der Waals surface area (Å²) in [5.41, 5.74) is 4.42. The van der Waals surface area contributed by atoms with Crippen LogP contribution in [0.4, 0.5) is 11.4 Å². The van der Waals surface area contributed by atoms with Gasteiger partial charge in [-0.3, -0.25) is 19.6 Å². The Bertz CT molecular complexity index is 1010. The van der Waals surface area contributed by atoms with Crippen LogP contribution in [0.25, 0.3) is 0 Å². The van der Waals surface area contributed by atoms with Crippen LogP contribution in [0, 0.1) is 30.9 Å². The molecule has 0 fully saturated rings. The van der Waals surface area contributed by atoms with Gasteiger partial charge in [0.1, 0.15) is 0 Å². The van der Waals surface area contributed by atoms with Crippen molar-refractivity contribution in [3.05, 3.63) is 86.7 Å². The molecule has 0 bridgehead atoms. The minimum absolute atomic E-state index is 0.0729. The molecule has 0 unspecified atom stereocenters. The van der Waals surface area contributed by atoms with Gasteiger partial charge in [-0.2, -0.15) is 5.10 Å². The number of non-ortho nitro benzene ring substituents is 1. The molecule has 0 aliphatic carbocycles. The lowest BCUT2D eigenvalue weighted by Crippen LogP contribution is -2.14. The van der Waals surface area contributed by atoms with Gasteiger partial charge in [0.25, 0.3) is 11.6 Å². The number of amides is 1. The van der Waals surface area contributed by atoms with E-state index in [0.29, 0.717) is 23.5 Å². The Kier molecular flexibility index (Phi) is 5.03. The molecule has 0 atom stereocenters. The van der Waals surface area contributed by atoms with Gasteiger partial charge in [-0.05, 0) is 32.4 Å². The number of aryl methyl sites for hydroxylation is 2. The van der Waals surface area contributed by atoms with Crippen LogP contribution in [0.15, 0.2) is 48.5 Å². The molecule has 27 heavy (non-hydrogen) atoms. The van der Waals surface area contributed by atoms with Crippen molar-refractivity contribution in [2.24, 2.45) is 0 Å². The SMILES string of the molecule is Cc1ccc(Cn2nc(C)c(C(=O)Nc3cccc([N+](=O)[O-])c3)c2C)cc1. The smallest absolute Gasteiger partial charge is 0.271 e. The molecule has 7 heteroatoms. The predicted molar refractivity (Wildman–Crippen MR) is 103 cm³/mol. The molecule has 1 N–H and O–H groups in total. The quantitative estimate of drug-likeness (QED) is 0.547. The molecule has 0 saturated carbocycles. The van der Waals surface area contributed by atoms with Crippen molar-refractivity contribution in [3.63, 3.8) is 0 Å². The zero-order valence-corrected chi connectivity index (χ0v) is 15.4. The van der Waals surface area contributed by atoms with Gasteiger partial charge in [0.15, 0.2) is 0 Å². The highest BCUT2D eigenvalue weighted by atomic mass is 16.6. The van der Waals surface area contributed by atoms with Gasteiger partial charge in [0.05, 0.1) is 22.7 Å². The molecule has 1 aromatic heterocycles. The predicted octanol–water partition coefficient (Wildman–Crippen LogP) is 4.02. The molecule has 7 nitrogen and oxygen atoms in total. The number of nitrogens with one attached hydrogen (secondary N) is 1. The molecule has 0 aliphatic rings. The number of carbonyl (C=O) groups is 1. The molecule has 1 heterocycles. The van der Waals surface area contributed by atoms with Gasteiger partial charge in [0.2, 0.25) is 0 Å². The fourth-order valence-corrected chi connectivity index (χ4v) is 2.94. The molecule has 2 aromatic carbocycles. The highest BCUT2D eigenvalue weighted by molar-refractivity contribution is 6.06. The number of rotatable bonds is 5. The van der Waals surface area contributed by atoms with E-state index >= 15 is 0 Å². The summed E-state index contributed by atoms with van der Waals surface area (Å²) in [6, 6.07) is 14.0. The summed E-state index contributed by atoms with van der Waals surface area (Å²) in [4.78, 5) is 23.1. The van der Waals surface area contributed by atoms with Crippen molar-refractivity contribution in [3.8, 4) is 0 Å². The van der Waals surface area contributed by atoms with Gasteiger partial charge >= 0.3 is 0 Å². The fraction of sp³-hybridized carbons (Fsp3) is 0.200. The van der Waals surface area contributed by atoms with Crippen LogP contribution in [0.1, 0.15) is 32.9 Å². The maximum absolute atomic E-state index is 12.7. The topological polar surface area (TPSA) is 90.1 Å². The van der Waals surface area contributed by atoms with Crippen LogP contribution in [-0.2, 0) is 6.54 Å². The van der Waals surface area contributed by atoms with E-state index < -0.39 is 4.92 Å². The third-order valence-corrected chi connectivity index (χ3v) is 4.38. The minimum atomic E-state index is -0.494. The van der Waals surface area contributed by atoms with E-state index in [1.165, 1.54) is 23.8 Å². The lowest BCUT2D eigenvalue weighted by Gasteiger charge is -2.07. The highest BCUT2D eigenvalue weighted by Gasteiger charge is 2.19. The average Bonchev–Trinajstić information content (AvgIpc) is 2.90. The second-order valence-electron chi connectivity index (χ2n) is 6.45. The van der Waals surface area contributed by atoms with Crippen LogP contribution in [0.5, 0.6) is 0 Å². The Morgan fingerprint density at radius 1 is 1.15 bits per heavy atom. The number of benzene rings is 2. The van der Waals surface area contributed by atoms with Crippen molar-refractivity contribution in [2.75, 3.05) is 5.32 Å². The van der Waals surface area contributed by atoms with E-state index in [9.17, 15) is 14.9 Å². The molecule has 3 aromatic rings. The average molecular weight is 364 g/mol. The highest BCUT2D eigenvalue weighted by Crippen LogP contribution is 2.20. The Balaban J connectivity index is 1.83. The first-order valence-corrected chi connectivity index (χ1v) is 8.50. The third-order valence-electron chi connectivity index (χ3n) is 4.38. The number of nitro benzene ring substituents is 1. The molecular weight excluding hydrogens is 344 g/mol. The summed E-state index contributed by atoms with van der Waals surface area (Å²) in [6.45, 7) is 6.22. The van der Waals surface area contributed by atoms with Crippen molar-refractivity contribution >= 4 is 17.3 Å². The monoisotopic (exact) mass is 364 g/mol. The van der Waals surface area contributed by atoms with Crippen LogP contribution in [0.2, 0.25) is 0 Å². The number of nitro groups is 1. The number of hydrogen-bond donors (Lipinski definition) is 1. The van der Waals surface area contributed by atoms with Crippen molar-refractivity contribution in [1.29, 1.82) is 0 Å². The van der Waals surface area contributed by atoms with E-state index in [4.69, 9.17) is 0 Å². The second kappa shape index (κ2) is 7.41. The van der Waals surface area contributed by atoms with Gasteiger partial charge in [-0.25, -0.2) is 0 Å². The Labute approximate surface area is 156 Å². The molecule has 1 amide bonds. The number of hydrogen-bond acceptors (Lipinski definition) is 4. The largest absolute Gasteiger partial charge is 0.322 e. The van der Waals surface area contributed by atoms with Crippen LogP contribution in [-0.4, -0.2) is 20.6 Å². The van der Waals surface area contributed by atoms with Crippen molar-refractivity contribution in [1.82, 2.24) is 9.78 Å². The van der Waals surface area contributed by atoms with Gasteiger partial charge < -0.3 is 5.32 Å². The summed E-state index contributed by atoms with van der Waals surface area (Å²) in [5, 5.41) is 18.1. The first-order chi connectivity index (χ1) is 12.8. The molecule has 138 valence electrons. The van der Waals surface area contributed by atoms with Gasteiger partial charge in [-0.15, -0.1) is 0 Å². The second-order valence-corrected chi connectivity index (χ2v) is 6.45. The number of carbonyl (C=O) groups excluding carboxylic acids is 1. The minimum Gasteiger partial charge on any atom is -0.322 e. The summed E-state index contributed by atoms with van der Waals surface area (Å²) in [5.74, 6) is -0.333. The molecule has 0 saturated heterocycles. The Hall–Kier alpha value is -3.48. The molecule has 0 spiro atoms. The first-order valence-electron chi connectivity index (χ1n) is 8.50. The van der Waals surface area contributed by atoms with Crippen LogP contribution in [0.3, 0.4) is 0 Å². The maximum Gasteiger partial charge on any atom is 0.271 e. The number of aromatic nitrogens is 2. The fourth-order valence-electron chi connectivity index (χ4n) is 2.94. The normalized spacial score (nSPS) is 10.6. The zero-order valence-electron chi connectivity index (χ0n) is 15.4. The van der Waals surface area contributed by atoms with Gasteiger partial charge in [-0.1, -0.05) is 35.9 Å². The van der Waals surface area contributed by atoms with E-state index in [-0.39, 0.29) is 11.6 Å². The van der Waals surface area contributed by atoms with Gasteiger partial charge in [0, 0.05) is 23.5 Å². The van der Waals surface area contributed by atoms with Crippen LogP contribution < -0.4 is 5.32 Å². The Morgan fingerprint density at radius 3 is 2.52 bits per heavy atom. The molecule has 3 rings (SSSR count). The van der Waals surface area contributed by atoms with E-state index in [1.54, 1.807) is 17.7 Å². The Morgan fingerprint density at radius 2 is 1.85 bits per heavy atom. The number of anilines is 1. The summed E-state index contributed by atoms with van der Waals surface area (Å²) < 4.78 is 1.79. The third kappa shape index (κ3) is 4.03.